The van der Waals surface area contributed by atoms with Gasteiger partial charge < -0.3 is 5.32 Å². The summed E-state index contributed by atoms with van der Waals surface area (Å²) in [7, 11) is 0. The van der Waals surface area contributed by atoms with Gasteiger partial charge in [-0.2, -0.15) is 0 Å². The second-order valence-corrected chi connectivity index (χ2v) is 6.21. The molecule has 1 aliphatic carbocycles. The summed E-state index contributed by atoms with van der Waals surface area (Å²) in [4.78, 5) is 14.7. The van der Waals surface area contributed by atoms with Gasteiger partial charge in [0.05, 0.1) is 4.92 Å². The Kier molecular flexibility index (Phi) is 4.74. The molecule has 19 heavy (non-hydrogen) atoms. The first kappa shape index (κ1) is 14.2. The molecule has 0 bridgehead atoms. The Balaban J connectivity index is 2.01. The third-order valence-electron chi connectivity index (χ3n) is 3.63. The summed E-state index contributed by atoms with van der Waals surface area (Å²) < 4.78 is 0.621. The zero-order valence-corrected chi connectivity index (χ0v) is 12.5. The van der Waals surface area contributed by atoms with Crippen molar-refractivity contribution < 1.29 is 4.92 Å². The van der Waals surface area contributed by atoms with Crippen molar-refractivity contribution in [3.05, 3.63) is 26.9 Å². The topological polar surface area (TPSA) is 68.1 Å². The number of aromatic nitrogens is 1. The minimum Gasteiger partial charge on any atom is -0.364 e. The average molecular weight is 328 g/mol. The van der Waals surface area contributed by atoms with Crippen LogP contribution >= 0.6 is 15.9 Å². The van der Waals surface area contributed by atoms with E-state index in [-0.39, 0.29) is 5.69 Å². The Bertz CT molecular complexity index is 467. The van der Waals surface area contributed by atoms with Crippen molar-refractivity contribution in [2.45, 2.75) is 32.6 Å². The van der Waals surface area contributed by atoms with Crippen LogP contribution in [0.15, 0.2) is 16.7 Å². The van der Waals surface area contributed by atoms with Crippen molar-refractivity contribution in [3.8, 4) is 0 Å². The van der Waals surface area contributed by atoms with E-state index >= 15 is 0 Å². The van der Waals surface area contributed by atoms with Crippen molar-refractivity contribution in [3.63, 3.8) is 0 Å². The Morgan fingerprint density at radius 3 is 3.05 bits per heavy atom. The molecule has 0 spiro atoms. The molecule has 1 saturated carbocycles. The Morgan fingerprint density at radius 1 is 1.58 bits per heavy atom. The van der Waals surface area contributed by atoms with Gasteiger partial charge in [-0.05, 0) is 40.6 Å². The predicted molar refractivity (Wildman–Crippen MR) is 78.2 cm³/mol. The third kappa shape index (κ3) is 3.89. The van der Waals surface area contributed by atoms with Crippen LogP contribution in [0.25, 0.3) is 0 Å². The highest BCUT2D eigenvalue weighted by Crippen LogP contribution is 2.30. The van der Waals surface area contributed by atoms with Crippen LogP contribution in [0.3, 0.4) is 0 Å². The van der Waals surface area contributed by atoms with Crippen LogP contribution < -0.4 is 5.32 Å². The van der Waals surface area contributed by atoms with Gasteiger partial charge in [-0.25, -0.2) is 4.98 Å². The van der Waals surface area contributed by atoms with Gasteiger partial charge >= 0.3 is 5.69 Å². The molecule has 104 valence electrons. The summed E-state index contributed by atoms with van der Waals surface area (Å²) in [6.07, 6.45) is 6.52. The summed E-state index contributed by atoms with van der Waals surface area (Å²) >= 11 is 3.21. The quantitative estimate of drug-likeness (QED) is 0.670. The van der Waals surface area contributed by atoms with Gasteiger partial charge in [0.2, 0.25) is 5.82 Å². The van der Waals surface area contributed by atoms with E-state index in [2.05, 4.69) is 33.2 Å². The molecule has 1 heterocycles. The first-order chi connectivity index (χ1) is 9.06. The van der Waals surface area contributed by atoms with Crippen LogP contribution in [-0.2, 0) is 0 Å². The molecule has 2 rings (SSSR count). The van der Waals surface area contributed by atoms with Crippen molar-refractivity contribution in [2.24, 2.45) is 11.8 Å². The van der Waals surface area contributed by atoms with E-state index < -0.39 is 4.92 Å². The molecular formula is C13H18BrN3O2. The van der Waals surface area contributed by atoms with Crippen molar-refractivity contribution in [2.75, 3.05) is 11.9 Å². The monoisotopic (exact) mass is 327 g/mol. The molecule has 5 nitrogen and oxygen atoms in total. The number of hydrogen-bond acceptors (Lipinski definition) is 4. The summed E-state index contributed by atoms with van der Waals surface area (Å²) in [5.74, 6) is 1.72. The molecule has 1 N–H and O–H groups in total. The molecule has 0 aromatic carbocycles. The van der Waals surface area contributed by atoms with Crippen molar-refractivity contribution >= 4 is 27.4 Å². The zero-order chi connectivity index (χ0) is 13.8. The minimum absolute atomic E-state index is 0.0261. The lowest BCUT2D eigenvalue weighted by Gasteiger charge is -2.26. The largest absolute Gasteiger partial charge is 0.364 e. The van der Waals surface area contributed by atoms with E-state index in [1.54, 1.807) is 6.20 Å². The summed E-state index contributed by atoms with van der Waals surface area (Å²) in [5.41, 5.74) is 0.0261. The van der Waals surface area contributed by atoms with E-state index in [9.17, 15) is 10.1 Å². The molecule has 2 unspecified atom stereocenters. The van der Waals surface area contributed by atoms with E-state index in [1.165, 1.54) is 31.7 Å². The number of hydrogen-bond donors (Lipinski definition) is 1. The van der Waals surface area contributed by atoms with Crippen LogP contribution in [0, 0.1) is 22.0 Å². The highest BCUT2D eigenvalue weighted by Gasteiger charge is 2.21. The van der Waals surface area contributed by atoms with Gasteiger partial charge in [-0.15, -0.1) is 0 Å². The van der Waals surface area contributed by atoms with E-state index in [0.29, 0.717) is 16.2 Å². The number of nitro groups is 1. The van der Waals surface area contributed by atoms with Gasteiger partial charge in [0.1, 0.15) is 0 Å². The number of rotatable bonds is 4. The SMILES string of the molecule is CC1CCCC(CNc2ncc(Br)cc2[N+](=O)[O-])C1. The maximum absolute atomic E-state index is 11.0. The molecular weight excluding hydrogens is 310 g/mol. The Morgan fingerprint density at radius 2 is 2.37 bits per heavy atom. The van der Waals surface area contributed by atoms with Crippen LogP contribution in [0.5, 0.6) is 0 Å². The average Bonchev–Trinajstić information content (AvgIpc) is 2.37. The normalized spacial score (nSPS) is 23.1. The Labute approximate surface area is 121 Å². The number of anilines is 1. The predicted octanol–water partition coefficient (Wildman–Crippen LogP) is 3.99. The molecule has 0 saturated heterocycles. The number of pyridine rings is 1. The summed E-state index contributed by atoms with van der Waals surface area (Å²) in [5, 5.41) is 14.1. The van der Waals surface area contributed by atoms with Gasteiger partial charge in [0.25, 0.3) is 0 Å². The Hall–Kier alpha value is -1.17. The van der Waals surface area contributed by atoms with Gasteiger partial charge in [0, 0.05) is 23.3 Å². The zero-order valence-electron chi connectivity index (χ0n) is 10.9. The molecule has 1 aliphatic rings. The van der Waals surface area contributed by atoms with Crippen molar-refractivity contribution in [1.82, 2.24) is 4.98 Å². The first-order valence-electron chi connectivity index (χ1n) is 6.60. The van der Waals surface area contributed by atoms with Gasteiger partial charge in [0.15, 0.2) is 0 Å². The highest BCUT2D eigenvalue weighted by molar-refractivity contribution is 9.10. The summed E-state index contributed by atoms with van der Waals surface area (Å²) in [6, 6.07) is 1.48. The molecule has 0 aliphatic heterocycles. The first-order valence-corrected chi connectivity index (χ1v) is 7.39. The fourth-order valence-electron chi connectivity index (χ4n) is 2.69. The maximum atomic E-state index is 11.0. The van der Waals surface area contributed by atoms with E-state index in [1.807, 2.05) is 0 Å². The van der Waals surface area contributed by atoms with Gasteiger partial charge in [-0.3, -0.25) is 10.1 Å². The molecule has 1 fully saturated rings. The lowest BCUT2D eigenvalue weighted by molar-refractivity contribution is -0.384. The minimum atomic E-state index is -0.399. The maximum Gasteiger partial charge on any atom is 0.312 e. The van der Waals surface area contributed by atoms with E-state index in [4.69, 9.17) is 0 Å². The molecule has 0 radical (unpaired) electrons. The fourth-order valence-corrected chi connectivity index (χ4v) is 3.01. The van der Waals surface area contributed by atoms with Crippen LogP contribution in [0.1, 0.15) is 32.6 Å². The smallest absolute Gasteiger partial charge is 0.312 e. The highest BCUT2D eigenvalue weighted by atomic mass is 79.9. The second-order valence-electron chi connectivity index (χ2n) is 5.30. The third-order valence-corrected chi connectivity index (χ3v) is 4.07. The van der Waals surface area contributed by atoms with E-state index in [0.717, 1.165) is 12.5 Å². The molecule has 1 aromatic rings. The van der Waals surface area contributed by atoms with Gasteiger partial charge in [-0.1, -0.05) is 19.8 Å². The fraction of sp³-hybridized carbons (Fsp3) is 0.615. The van der Waals surface area contributed by atoms with Crippen LogP contribution in [0.2, 0.25) is 0 Å². The second kappa shape index (κ2) is 6.32. The van der Waals surface area contributed by atoms with Crippen LogP contribution in [0.4, 0.5) is 11.5 Å². The number of halogens is 1. The van der Waals surface area contributed by atoms with Crippen molar-refractivity contribution in [1.29, 1.82) is 0 Å². The standard InChI is InChI=1S/C13H18BrN3O2/c1-9-3-2-4-10(5-9)7-15-13-12(17(18)19)6-11(14)8-16-13/h6,8-10H,2-5,7H2,1H3,(H,15,16). The molecule has 0 amide bonds. The lowest BCUT2D eigenvalue weighted by atomic mass is 9.82. The molecule has 6 heteroatoms. The molecule has 1 aromatic heterocycles. The lowest BCUT2D eigenvalue weighted by Crippen LogP contribution is -2.21. The number of nitrogens with zero attached hydrogens (tertiary/aromatic N) is 2. The molecule has 2 atom stereocenters. The number of nitrogens with one attached hydrogen (secondary N) is 1. The van der Waals surface area contributed by atoms with Crippen LogP contribution in [-0.4, -0.2) is 16.5 Å². The summed E-state index contributed by atoms with van der Waals surface area (Å²) in [6.45, 7) is 3.03.